The molecule has 1 saturated heterocycles. The molecule has 0 saturated carbocycles. The Hall–Kier alpha value is -0.990. The number of carbonyl (C=O) groups is 1. The van der Waals surface area contributed by atoms with Gasteiger partial charge in [0, 0.05) is 0 Å². The molecule has 0 bridgehead atoms. The summed E-state index contributed by atoms with van der Waals surface area (Å²) in [4.78, 5) is 11.3. The fraction of sp³-hybridized carbons (Fsp3) is 0.667. The van der Waals surface area contributed by atoms with Crippen LogP contribution in [0, 0.1) is 0 Å². The Kier molecular flexibility index (Phi) is 4.00. The van der Waals surface area contributed by atoms with E-state index in [9.17, 15) is 20.1 Å². The van der Waals surface area contributed by atoms with E-state index in [4.69, 9.17) is 5.11 Å². The lowest BCUT2D eigenvalue weighted by molar-refractivity contribution is -0.313. The van der Waals surface area contributed by atoms with Crippen molar-refractivity contribution in [1.29, 1.82) is 0 Å². The third kappa shape index (κ3) is 2.23. The van der Waals surface area contributed by atoms with Gasteiger partial charge in [-0.05, 0) is 0 Å². The molecule has 4 N–H and O–H groups in total. The van der Waals surface area contributed by atoms with E-state index in [1.807, 2.05) is 0 Å². The van der Waals surface area contributed by atoms with E-state index in [1.54, 1.807) is 0 Å². The van der Waals surface area contributed by atoms with Gasteiger partial charge in [0.15, 0.2) is 0 Å². The SMILES string of the molecule is C=CCOC(=O)C1(O)OCC(O)C(O)C1O. The summed E-state index contributed by atoms with van der Waals surface area (Å²) in [6.45, 7) is 2.64. The van der Waals surface area contributed by atoms with Crippen molar-refractivity contribution in [2.24, 2.45) is 0 Å². The molecular weight excluding hydrogens is 220 g/mol. The largest absolute Gasteiger partial charge is 0.457 e. The van der Waals surface area contributed by atoms with Crippen LogP contribution in [0.3, 0.4) is 0 Å². The molecule has 7 heteroatoms. The van der Waals surface area contributed by atoms with Crippen LogP contribution in [0.25, 0.3) is 0 Å². The fourth-order valence-electron chi connectivity index (χ4n) is 1.26. The zero-order valence-electron chi connectivity index (χ0n) is 8.44. The van der Waals surface area contributed by atoms with Gasteiger partial charge >= 0.3 is 5.97 Å². The first-order valence-electron chi connectivity index (χ1n) is 4.62. The van der Waals surface area contributed by atoms with E-state index in [0.717, 1.165) is 0 Å². The Morgan fingerprint density at radius 1 is 1.56 bits per heavy atom. The minimum absolute atomic E-state index is 0.171. The molecule has 1 aliphatic rings. The lowest BCUT2D eigenvalue weighted by Crippen LogP contribution is -2.64. The third-order valence-corrected chi connectivity index (χ3v) is 2.22. The maximum absolute atomic E-state index is 11.3. The Morgan fingerprint density at radius 2 is 2.19 bits per heavy atom. The smallest absolute Gasteiger partial charge is 0.370 e. The minimum Gasteiger partial charge on any atom is -0.457 e. The molecule has 0 aromatic heterocycles. The molecule has 0 aliphatic carbocycles. The van der Waals surface area contributed by atoms with Gasteiger partial charge in [0.25, 0.3) is 5.79 Å². The molecule has 0 aromatic rings. The van der Waals surface area contributed by atoms with Gasteiger partial charge in [-0.25, -0.2) is 4.79 Å². The predicted molar refractivity (Wildman–Crippen MR) is 50.1 cm³/mol. The van der Waals surface area contributed by atoms with Crippen LogP contribution in [-0.4, -0.2) is 63.7 Å². The highest BCUT2D eigenvalue weighted by Crippen LogP contribution is 2.25. The van der Waals surface area contributed by atoms with Gasteiger partial charge < -0.3 is 29.9 Å². The van der Waals surface area contributed by atoms with E-state index >= 15 is 0 Å². The Labute approximate surface area is 91.5 Å². The Morgan fingerprint density at radius 3 is 2.75 bits per heavy atom. The van der Waals surface area contributed by atoms with Crippen molar-refractivity contribution >= 4 is 5.97 Å². The van der Waals surface area contributed by atoms with Crippen molar-refractivity contribution in [3.05, 3.63) is 12.7 Å². The molecular formula is C9H14O7. The highest BCUT2D eigenvalue weighted by atomic mass is 16.7. The lowest BCUT2D eigenvalue weighted by Gasteiger charge is -2.39. The summed E-state index contributed by atoms with van der Waals surface area (Å²) in [7, 11) is 0. The topological polar surface area (TPSA) is 116 Å². The minimum atomic E-state index is -2.67. The highest BCUT2D eigenvalue weighted by Gasteiger charge is 2.55. The van der Waals surface area contributed by atoms with E-state index < -0.39 is 36.7 Å². The number of hydrogen-bond acceptors (Lipinski definition) is 7. The molecule has 1 aliphatic heterocycles. The molecule has 4 unspecified atom stereocenters. The normalized spacial score (nSPS) is 39.1. The molecule has 0 aromatic carbocycles. The van der Waals surface area contributed by atoms with Crippen molar-refractivity contribution in [3.8, 4) is 0 Å². The fourth-order valence-corrected chi connectivity index (χ4v) is 1.26. The van der Waals surface area contributed by atoms with Gasteiger partial charge in [0.05, 0.1) is 6.61 Å². The quantitative estimate of drug-likeness (QED) is 0.315. The third-order valence-electron chi connectivity index (χ3n) is 2.22. The Balaban J connectivity index is 2.75. The molecule has 0 spiro atoms. The van der Waals surface area contributed by atoms with Crippen LogP contribution in [0.1, 0.15) is 0 Å². The number of carbonyl (C=O) groups excluding carboxylic acids is 1. The molecule has 4 atom stereocenters. The zero-order valence-corrected chi connectivity index (χ0v) is 8.44. The average molecular weight is 234 g/mol. The van der Waals surface area contributed by atoms with E-state index in [0.29, 0.717) is 0 Å². The number of aliphatic hydroxyl groups excluding tert-OH is 3. The van der Waals surface area contributed by atoms with E-state index in [1.165, 1.54) is 6.08 Å². The van der Waals surface area contributed by atoms with Gasteiger partial charge in [-0.3, -0.25) is 0 Å². The summed E-state index contributed by atoms with van der Waals surface area (Å²) in [5.41, 5.74) is 0. The Bertz CT molecular complexity index is 279. The van der Waals surface area contributed by atoms with Crippen LogP contribution in [0.4, 0.5) is 0 Å². The second kappa shape index (κ2) is 4.89. The maximum atomic E-state index is 11.3. The van der Waals surface area contributed by atoms with Gasteiger partial charge in [0.2, 0.25) is 0 Å². The van der Waals surface area contributed by atoms with Gasteiger partial charge in [0.1, 0.15) is 24.9 Å². The molecule has 92 valence electrons. The van der Waals surface area contributed by atoms with E-state index in [2.05, 4.69) is 16.1 Å². The van der Waals surface area contributed by atoms with Crippen LogP contribution in [0.15, 0.2) is 12.7 Å². The van der Waals surface area contributed by atoms with Crippen molar-refractivity contribution in [2.45, 2.75) is 24.1 Å². The number of aliphatic hydroxyl groups is 4. The standard InChI is InChI=1S/C9H14O7/c1-2-3-15-8(13)9(14)7(12)6(11)5(10)4-16-9/h2,5-7,10-12,14H,1,3-4H2. The molecule has 16 heavy (non-hydrogen) atoms. The molecule has 1 fully saturated rings. The number of rotatable bonds is 3. The van der Waals surface area contributed by atoms with Crippen molar-refractivity contribution in [1.82, 2.24) is 0 Å². The lowest BCUT2D eigenvalue weighted by atomic mass is 9.97. The van der Waals surface area contributed by atoms with Crippen molar-refractivity contribution < 1.29 is 34.7 Å². The molecule has 7 nitrogen and oxygen atoms in total. The van der Waals surface area contributed by atoms with Crippen LogP contribution in [0.5, 0.6) is 0 Å². The molecule has 0 amide bonds. The summed E-state index contributed by atoms with van der Waals surface area (Å²) < 4.78 is 9.11. The monoisotopic (exact) mass is 234 g/mol. The maximum Gasteiger partial charge on any atom is 0.370 e. The number of ether oxygens (including phenoxy) is 2. The van der Waals surface area contributed by atoms with Gasteiger partial charge in [-0.1, -0.05) is 12.7 Å². The number of esters is 1. The van der Waals surface area contributed by atoms with Gasteiger partial charge in [-0.2, -0.15) is 0 Å². The highest BCUT2D eigenvalue weighted by molar-refractivity contribution is 5.78. The number of hydrogen-bond donors (Lipinski definition) is 4. The van der Waals surface area contributed by atoms with Crippen LogP contribution in [0.2, 0.25) is 0 Å². The first-order valence-corrected chi connectivity index (χ1v) is 4.62. The molecule has 1 rings (SSSR count). The summed E-state index contributed by atoms with van der Waals surface area (Å²) in [6.07, 6.45) is -3.77. The van der Waals surface area contributed by atoms with E-state index in [-0.39, 0.29) is 6.61 Å². The molecule has 0 radical (unpaired) electrons. The summed E-state index contributed by atoms with van der Waals surface area (Å²) >= 11 is 0. The zero-order chi connectivity index (χ0) is 12.3. The first kappa shape index (κ1) is 13.1. The van der Waals surface area contributed by atoms with Crippen molar-refractivity contribution in [3.63, 3.8) is 0 Å². The van der Waals surface area contributed by atoms with Crippen LogP contribution < -0.4 is 0 Å². The summed E-state index contributed by atoms with van der Waals surface area (Å²) in [5, 5.41) is 37.5. The summed E-state index contributed by atoms with van der Waals surface area (Å²) in [6, 6.07) is 0. The molecule has 1 heterocycles. The second-order valence-electron chi connectivity index (χ2n) is 3.40. The average Bonchev–Trinajstić information content (AvgIpc) is 2.28. The van der Waals surface area contributed by atoms with Gasteiger partial charge in [-0.15, -0.1) is 0 Å². The van der Waals surface area contributed by atoms with Crippen molar-refractivity contribution in [2.75, 3.05) is 13.2 Å². The second-order valence-corrected chi connectivity index (χ2v) is 3.40. The first-order chi connectivity index (χ1) is 7.43. The summed E-state index contributed by atoms with van der Waals surface area (Å²) in [5.74, 6) is -3.91. The van der Waals surface area contributed by atoms with Crippen LogP contribution >= 0.6 is 0 Å². The van der Waals surface area contributed by atoms with Crippen LogP contribution in [-0.2, 0) is 14.3 Å². The predicted octanol–water partition coefficient (Wildman–Crippen LogP) is -2.48.